The Kier molecular flexibility index (Phi) is 6.70. The molecule has 0 atom stereocenters. The first-order chi connectivity index (χ1) is 15.5. The topological polar surface area (TPSA) is 89.6 Å². The third kappa shape index (κ3) is 5.26. The smallest absolute Gasteiger partial charge is 0.226 e. The molecule has 0 spiro atoms. The van der Waals surface area contributed by atoms with E-state index in [0.29, 0.717) is 37.4 Å². The summed E-state index contributed by atoms with van der Waals surface area (Å²) in [5, 5.41) is 6.34. The number of aromatic nitrogens is 1. The van der Waals surface area contributed by atoms with Gasteiger partial charge in [0.1, 0.15) is 11.5 Å². The second-order valence-electron chi connectivity index (χ2n) is 7.52. The molecule has 2 heterocycles. The van der Waals surface area contributed by atoms with Gasteiger partial charge in [0.2, 0.25) is 11.8 Å². The van der Waals surface area contributed by atoms with Gasteiger partial charge in [-0.05, 0) is 67.8 Å². The highest BCUT2D eigenvalue weighted by Crippen LogP contribution is 2.31. The molecule has 0 bridgehead atoms. The van der Waals surface area contributed by atoms with Crippen LogP contribution in [0, 0.1) is 6.92 Å². The number of fused-ring (bicyclic) bond motifs is 1. The zero-order valence-corrected chi connectivity index (χ0v) is 18.9. The van der Waals surface area contributed by atoms with Crippen molar-refractivity contribution in [1.82, 2.24) is 4.98 Å². The fourth-order valence-corrected chi connectivity index (χ4v) is 4.37. The summed E-state index contributed by atoms with van der Waals surface area (Å²) in [7, 11) is 1.63. The lowest BCUT2D eigenvalue weighted by molar-refractivity contribution is -0.117. The number of hydrogen-bond donors (Lipinski definition) is 2. The van der Waals surface area contributed by atoms with Crippen LogP contribution in [0.15, 0.2) is 42.5 Å². The molecule has 1 aliphatic rings. The van der Waals surface area contributed by atoms with Gasteiger partial charge in [0.15, 0.2) is 5.13 Å². The van der Waals surface area contributed by atoms with Gasteiger partial charge in [-0.2, -0.15) is 0 Å². The van der Waals surface area contributed by atoms with E-state index in [-0.39, 0.29) is 11.8 Å². The van der Waals surface area contributed by atoms with E-state index in [1.165, 1.54) is 11.3 Å². The Morgan fingerprint density at radius 2 is 1.94 bits per heavy atom. The Morgan fingerprint density at radius 1 is 1.16 bits per heavy atom. The highest BCUT2D eigenvalue weighted by atomic mass is 32.1. The minimum absolute atomic E-state index is 0.0451. The Morgan fingerprint density at radius 3 is 2.72 bits per heavy atom. The van der Waals surface area contributed by atoms with Crippen LogP contribution in [0.1, 0.15) is 29.7 Å². The number of carbonyl (C=O) groups excluding carboxylic acids is 2. The number of nitrogens with zero attached hydrogens (tertiary/aromatic N) is 1. The molecule has 8 heteroatoms. The monoisotopic (exact) mass is 451 g/mol. The summed E-state index contributed by atoms with van der Waals surface area (Å²) in [5.41, 5.74) is 3.77. The van der Waals surface area contributed by atoms with E-state index >= 15 is 0 Å². The first-order valence-corrected chi connectivity index (χ1v) is 11.3. The third-order valence-corrected chi connectivity index (χ3v) is 6.08. The number of anilines is 2. The number of benzene rings is 2. The Hall–Kier alpha value is -3.39. The lowest BCUT2D eigenvalue weighted by Crippen LogP contribution is -2.18. The summed E-state index contributed by atoms with van der Waals surface area (Å²) in [6.07, 6.45) is 2.15. The first-order valence-electron chi connectivity index (χ1n) is 10.5. The van der Waals surface area contributed by atoms with Crippen LogP contribution in [0.4, 0.5) is 10.8 Å². The van der Waals surface area contributed by atoms with Crippen LogP contribution < -0.4 is 20.1 Å². The maximum atomic E-state index is 12.3. The summed E-state index contributed by atoms with van der Waals surface area (Å²) in [6, 6.07) is 13.4. The SMILES string of the molecule is COc1ccc(-c2nc(NC(=O)CCCOc3ccc4c(c3)CCC(=O)N4)sc2C)cc1. The van der Waals surface area contributed by atoms with Crippen molar-refractivity contribution in [3.05, 3.63) is 52.9 Å². The van der Waals surface area contributed by atoms with Gasteiger partial charge in [0.05, 0.1) is 19.4 Å². The van der Waals surface area contributed by atoms with Crippen LogP contribution >= 0.6 is 11.3 Å². The zero-order valence-electron chi connectivity index (χ0n) is 18.1. The molecule has 7 nitrogen and oxygen atoms in total. The van der Waals surface area contributed by atoms with Gasteiger partial charge in [0, 0.05) is 29.0 Å². The van der Waals surface area contributed by atoms with E-state index in [2.05, 4.69) is 15.6 Å². The molecule has 2 aromatic carbocycles. The standard InChI is InChI=1S/C24H25N3O4S/c1-15-23(16-5-8-18(30-2)9-6-16)27-24(32-15)26-21(28)4-3-13-31-19-10-11-20-17(14-19)7-12-22(29)25-20/h5-6,8-11,14H,3-4,7,12-13H2,1-2H3,(H,25,29)(H,26,27,28). The summed E-state index contributed by atoms with van der Waals surface area (Å²) in [5.74, 6) is 1.50. The van der Waals surface area contributed by atoms with E-state index < -0.39 is 0 Å². The van der Waals surface area contributed by atoms with E-state index in [9.17, 15) is 9.59 Å². The lowest BCUT2D eigenvalue weighted by atomic mass is 10.0. The average molecular weight is 452 g/mol. The van der Waals surface area contributed by atoms with E-state index in [0.717, 1.165) is 38.9 Å². The van der Waals surface area contributed by atoms with Crippen LogP contribution in [-0.4, -0.2) is 30.5 Å². The van der Waals surface area contributed by atoms with Crippen LogP contribution in [0.25, 0.3) is 11.3 Å². The molecule has 0 fully saturated rings. The molecular weight excluding hydrogens is 426 g/mol. The highest BCUT2D eigenvalue weighted by molar-refractivity contribution is 7.16. The Bertz CT molecular complexity index is 1120. The number of ether oxygens (including phenoxy) is 2. The maximum absolute atomic E-state index is 12.3. The second-order valence-corrected chi connectivity index (χ2v) is 8.72. The van der Waals surface area contributed by atoms with Crippen molar-refractivity contribution in [3.63, 3.8) is 0 Å². The normalized spacial score (nSPS) is 12.6. The van der Waals surface area contributed by atoms with Crippen molar-refractivity contribution in [2.24, 2.45) is 0 Å². The van der Waals surface area contributed by atoms with Gasteiger partial charge < -0.3 is 20.1 Å². The molecule has 2 amide bonds. The molecule has 4 rings (SSSR count). The van der Waals surface area contributed by atoms with Crippen molar-refractivity contribution in [1.29, 1.82) is 0 Å². The van der Waals surface area contributed by atoms with Gasteiger partial charge in [-0.1, -0.05) is 0 Å². The number of aryl methyl sites for hydroxylation is 2. The van der Waals surface area contributed by atoms with Crippen molar-refractivity contribution >= 4 is 34.0 Å². The molecule has 1 aliphatic heterocycles. The van der Waals surface area contributed by atoms with Crippen LogP contribution in [0.3, 0.4) is 0 Å². The lowest BCUT2D eigenvalue weighted by Gasteiger charge is -2.17. The predicted molar refractivity (Wildman–Crippen MR) is 126 cm³/mol. The molecule has 166 valence electrons. The number of hydrogen-bond acceptors (Lipinski definition) is 6. The van der Waals surface area contributed by atoms with Gasteiger partial charge >= 0.3 is 0 Å². The molecule has 1 aromatic heterocycles. The van der Waals surface area contributed by atoms with Gasteiger partial charge in [-0.15, -0.1) is 11.3 Å². The van der Waals surface area contributed by atoms with Gasteiger partial charge in [-0.25, -0.2) is 4.98 Å². The number of nitrogens with one attached hydrogen (secondary N) is 2. The molecular formula is C24H25N3O4S. The second kappa shape index (κ2) is 9.82. The predicted octanol–water partition coefficient (Wildman–Crippen LogP) is 4.81. The van der Waals surface area contributed by atoms with Gasteiger partial charge in [-0.3, -0.25) is 9.59 Å². The molecule has 0 unspecified atom stereocenters. The molecule has 3 aromatic rings. The minimum atomic E-state index is -0.0863. The van der Waals surface area contributed by atoms with Crippen LogP contribution in [0.2, 0.25) is 0 Å². The number of carbonyl (C=O) groups is 2. The summed E-state index contributed by atoms with van der Waals surface area (Å²) < 4.78 is 11.0. The summed E-state index contributed by atoms with van der Waals surface area (Å²) in [4.78, 5) is 29.4. The van der Waals surface area contributed by atoms with E-state index in [1.807, 2.05) is 49.4 Å². The molecule has 0 radical (unpaired) electrons. The van der Waals surface area contributed by atoms with Crippen molar-refractivity contribution in [2.75, 3.05) is 24.4 Å². The maximum Gasteiger partial charge on any atom is 0.226 e. The molecule has 0 aliphatic carbocycles. The number of methoxy groups -OCH3 is 1. The molecule has 32 heavy (non-hydrogen) atoms. The third-order valence-electron chi connectivity index (χ3n) is 5.20. The van der Waals surface area contributed by atoms with Crippen LogP contribution in [-0.2, 0) is 16.0 Å². The molecule has 2 N–H and O–H groups in total. The van der Waals surface area contributed by atoms with E-state index in [1.54, 1.807) is 7.11 Å². The largest absolute Gasteiger partial charge is 0.497 e. The Balaban J connectivity index is 1.25. The van der Waals surface area contributed by atoms with Crippen LogP contribution in [0.5, 0.6) is 11.5 Å². The van der Waals surface area contributed by atoms with E-state index in [4.69, 9.17) is 9.47 Å². The average Bonchev–Trinajstić information content (AvgIpc) is 3.16. The Labute approximate surface area is 190 Å². The van der Waals surface area contributed by atoms with Crippen molar-refractivity contribution in [3.8, 4) is 22.8 Å². The summed E-state index contributed by atoms with van der Waals surface area (Å²) >= 11 is 1.46. The zero-order chi connectivity index (χ0) is 22.5. The number of amides is 2. The number of thiazole rings is 1. The minimum Gasteiger partial charge on any atom is -0.497 e. The summed E-state index contributed by atoms with van der Waals surface area (Å²) in [6.45, 7) is 2.43. The fourth-order valence-electron chi connectivity index (χ4n) is 3.52. The fraction of sp³-hybridized carbons (Fsp3) is 0.292. The quantitative estimate of drug-likeness (QED) is 0.480. The van der Waals surface area contributed by atoms with Gasteiger partial charge in [0.25, 0.3) is 0 Å². The molecule has 0 saturated carbocycles. The van der Waals surface area contributed by atoms with Crippen molar-refractivity contribution in [2.45, 2.75) is 32.6 Å². The van der Waals surface area contributed by atoms with Crippen molar-refractivity contribution < 1.29 is 19.1 Å². The molecule has 0 saturated heterocycles. The first kappa shape index (κ1) is 21.8. The number of rotatable bonds is 8. The highest BCUT2D eigenvalue weighted by Gasteiger charge is 2.15.